The van der Waals surface area contributed by atoms with Crippen molar-refractivity contribution in [3.05, 3.63) is 12.3 Å². The molecule has 3 nitrogen and oxygen atoms in total. The molecule has 0 saturated heterocycles. The molecule has 0 spiro atoms. The van der Waals surface area contributed by atoms with E-state index < -0.39 is 0 Å². The number of aliphatic imine (C=N–C) groups is 1. The number of aliphatic hydroxyl groups excluding tert-OH is 1. The van der Waals surface area contributed by atoms with Gasteiger partial charge in [-0.1, -0.05) is 6.58 Å². The van der Waals surface area contributed by atoms with E-state index in [-0.39, 0.29) is 11.7 Å². The van der Waals surface area contributed by atoms with Crippen LogP contribution in [0.4, 0.5) is 0 Å². The summed E-state index contributed by atoms with van der Waals surface area (Å²) in [5.74, 6) is 0.201. The first kappa shape index (κ1) is 5.15. The molecular formula is C5H7NO2. The lowest BCUT2D eigenvalue weighted by Gasteiger charge is -1.94. The standard InChI is InChI=1S/C5H7NO2/c1-4(7)5-6-2-3-8-5/h7H,1-3H2. The van der Waals surface area contributed by atoms with Crippen LogP contribution in [-0.4, -0.2) is 24.2 Å². The second kappa shape index (κ2) is 1.86. The van der Waals surface area contributed by atoms with Crippen LogP contribution >= 0.6 is 0 Å². The third-order valence-electron chi connectivity index (χ3n) is 0.832. The Morgan fingerprint density at radius 1 is 1.88 bits per heavy atom. The SMILES string of the molecule is C=C(O)C1=NCCO1. The molecule has 0 radical (unpaired) electrons. The molecule has 0 amide bonds. The highest BCUT2D eigenvalue weighted by Gasteiger charge is 2.08. The molecule has 0 unspecified atom stereocenters. The van der Waals surface area contributed by atoms with E-state index in [1.807, 2.05) is 0 Å². The summed E-state index contributed by atoms with van der Waals surface area (Å²) >= 11 is 0. The van der Waals surface area contributed by atoms with Crippen molar-refractivity contribution in [2.45, 2.75) is 0 Å². The van der Waals surface area contributed by atoms with Crippen molar-refractivity contribution in [1.29, 1.82) is 0 Å². The molecule has 1 N–H and O–H groups in total. The third kappa shape index (κ3) is 0.804. The van der Waals surface area contributed by atoms with Crippen LogP contribution in [0, 0.1) is 0 Å². The van der Waals surface area contributed by atoms with E-state index in [9.17, 15) is 0 Å². The molecule has 0 fully saturated rings. The Morgan fingerprint density at radius 3 is 2.88 bits per heavy atom. The first-order valence-electron chi connectivity index (χ1n) is 2.36. The number of rotatable bonds is 1. The normalized spacial score (nSPS) is 17.2. The number of nitrogens with zero attached hydrogens (tertiary/aromatic N) is 1. The smallest absolute Gasteiger partial charge is 0.251 e. The summed E-state index contributed by atoms with van der Waals surface area (Å²) in [6.45, 7) is 4.44. The largest absolute Gasteiger partial charge is 0.504 e. The summed E-state index contributed by atoms with van der Waals surface area (Å²) in [6.07, 6.45) is 0. The Morgan fingerprint density at radius 2 is 2.62 bits per heavy atom. The quantitative estimate of drug-likeness (QED) is 0.503. The van der Waals surface area contributed by atoms with E-state index in [2.05, 4.69) is 11.6 Å². The van der Waals surface area contributed by atoms with Gasteiger partial charge in [0, 0.05) is 0 Å². The predicted octanol–water partition coefficient (Wildman–Crippen LogP) is 0.487. The predicted molar refractivity (Wildman–Crippen MR) is 30.0 cm³/mol. The maximum absolute atomic E-state index is 8.60. The van der Waals surface area contributed by atoms with Crippen molar-refractivity contribution in [3.8, 4) is 0 Å². The third-order valence-corrected chi connectivity index (χ3v) is 0.832. The fourth-order valence-electron chi connectivity index (χ4n) is 0.510. The molecule has 0 saturated carbocycles. The van der Waals surface area contributed by atoms with Gasteiger partial charge in [0.05, 0.1) is 6.54 Å². The van der Waals surface area contributed by atoms with Gasteiger partial charge in [-0.05, 0) is 0 Å². The van der Waals surface area contributed by atoms with Gasteiger partial charge in [-0.2, -0.15) is 0 Å². The van der Waals surface area contributed by atoms with E-state index in [1.54, 1.807) is 0 Å². The maximum Gasteiger partial charge on any atom is 0.251 e. The topological polar surface area (TPSA) is 41.8 Å². The van der Waals surface area contributed by atoms with Crippen LogP contribution < -0.4 is 0 Å². The molecule has 1 heterocycles. The Bertz CT molecular complexity index is 139. The molecule has 1 aliphatic heterocycles. The molecule has 1 rings (SSSR count). The zero-order valence-corrected chi connectivity index (χ0v) is 4.42. The summed E-state index contributed by atoms with van der Waals surface area (Å²) in [7, 11) is 0. The van der Waals surface area contributed by atoms with E-state index in [1.165, 1.54) is 0 Å². The second-order valence-corrected chi connectivity index (χ2v) is 1.48. The van der Waals surface area contributed by atoms with Gasteiger partial charge in [0.1, 0.15) is 6.61 Å². The van der Waals surface area contributed by atoms with Crippen molar-refractivity contribution >= 4 is 5.90 Å². The highest BCUT2D eigenvalue weighted by atomic mass is 16.5. The summed E-state index contributed by atoms with van der Waals surface area (Å²) in [6, 6.07) is 0. The van der Waals surface area contributed by atoms with Crippen LogP contribution in [0.2, 0.25) is 0 Å². The van der Waals surface area contributed by atoms with Gasteiger partial charge in [-0.25, -0.2) is 4.99 Å². The second-order valence-electron chi connectivity index (χ2n) is 1.48. The number of aliphatic hydroxyl groups is 1. The first-order chi connectivity index (χ1) is 3.80. The summed E-state index contributed by atoms with van der Waals surface area (Å²) in [5.41, 5.74) is 0. The minimum Gasteiger partial charge on any atom is -0.504 e. The minimum atomic E-state index is -0.0810. The highest BCUT2D eigenvalue weighted by molar-refractivity contribution is 5.91. The molecule has 0 bridgehead atoms. The van der Waals surface area contributed by atoms with Crippen LogP contribution in [0.5, 0.6) is 0 Å². The van der Waals surface area contributed by atoms with Crippen LogP contribution in [0.3, 0.4) is 0 Å². The van der Waals surface area contributed by atoms with Gasteiger partial charge in [0.25, 0.3) is 5.90 Å². The van der Waals surface area contributed by atoms with Crippen molar-refractivity contribution in [1.82, 2.24) is 0 Å². The molecule has 1 aliphatic rings. The van der Waals surface area contributed by atoms with Gasteiger partial charge < -0.3 is 9.84 Å². The van der Waals surface area contributed by atoms with Crippen molar-refractivity contribution < 1.29 is 9.84 Å². The van der Waals surface area contributed by atoms with E-state index in [0.29, 0.717) is 13.2 Å². The van der Waals surface area contributed by atoms with Gasteiger partial charge in [-0.15, -0.1) is 0 Å². The lowest BCUT2D eigenvalue weighted by molar-refractivity contribution is 0.322. The Balaban J connectivity index is 2.57. The number of hydrogen-bond donors (Lipinski definition) is 1. The van der Waals surface area contributed by atoms with Gasteiger partial charge >= 0.3 is 0 Å². The fourth-order valence-corrected chi connectivity index (χ4v) is 0.510. The molecule has 0 aliphatic carbocycles. The van der Waals surface area contributed by atoms with Crippen molar-refractivity contribution in [2.24, 2.45) is 4.99 Å². The van der Waals surface area contributed by atoms with Crippen LogP contribution in [-0.2, 0) is 4.74 Å². The summed E-state index contributed by atoms with van der Waals surface area (Å²) in [4.78, 5) is 3.78. The fraction of sp³-hybridized carbons (Fsp3) is 0.400. The van der Waals surface area contributed by atoms with Crippen LogP contribution in [0.15, 0.2) is 17.3 Å². The lowest BCUT2D eigenvalue weighted by Crippen LogP contribution is -2.00. The Hall–Kier alpha value is -0.990. The van der Waals surface area contributed by atoms with Crippen molar-refractivity contribution in [3.63, 3.8) is 0 Å². The summed E-state index contributed by atoms with van der Waals surface area (Å²) in [5, 5.41) is 8.60. The monoisotopic (exact) mass is 113 g/mol. The number of ether oxygens (including phenoxy) is 1. The van der Waals surface area contributed by atoms with E-state index in [4.69, 9.17) is 9.84 Å². The van der Waals surface area contributed by atoms with E-state index in [0.717, 1.165) is 0 Å². The number of hydrogen-bond acceptors (Lipinski definition) is 3. The molecule has 0 aromatic heterocycles. The molecule has 0 atom stereocenters. The average Bonchev–Trinajstić information content (AvgIpc) is 2.12. The summed E-state index contributed by atoms with van der Waals surface area (Å²) < 4.78 is 4.81. The molecule has 3 heteroatoms. The zero-order valence-electron chi connectivity index (χ0n) is 4.42. The Labute approximate surface area is 47.3 Å². The van der Waals surface area contributed by atoms with Gasteiger partial charge in [0.2, 0.25) is 0 Å². The first-order valence-corrected chi connectivity index (χ1v) is 2.36. The van der Waals surface area contributed by atoms with Gasteiger partial charge in [0.15, 0.2) is 5.76 Å². The lowest BCUT2D eigenvalue weighted by atomic mass is 10.6. The highest BCUT2D eigenvalue weighted by Crippen LogP contribution is 1.98. The maximum atomic E-state index is 8.60. The zero-order chi connectivity index (χ0) is 5.98. The van der Waals surface area contributed by atoms with Crippen LogP contribution in [0.1, 0.15) is 0 Å². The van der Waals surface area contributed by atoms with E-state index >= 15 is 0 Å². The molecule has 44 valence electrons. The average molecular weight is 113 g/mol. The minimum absolute atomic E-state index is 0.0810. The van der Waals surface area contributed by atoms with Gasteiger partial charge in [-0.3, -0.25) is 0 Å². The Kier molecular flexibility index (Phi) is 1.20. The molecule has 0 aromatic rings. The molecular weight excluding hydrogens is 106 g/mol. The van der Waals surface area contributed by atoms with Crippen molar-refractivity contribution in [2.75, 3.05) is 13.2 Å². The molecule has 0 aromatic carbocycles. The molecule has 8 heavy (non-hydrogen) atoms. The van der Waals surface area contributed by atoms with Crippen LogP contribution in [0.25, 0.3) is 0 Å².